The molecule has 2 aromatic carbocycles. The van der Waals surface area contributed by atoms with Gasteiger partial charge in [0.05, 0.1) is 6.04 Å². The lowest BCUT2D eigenvalue weighted by Gasteiger charge is -2.19. The minimum atomic E-state index is -0.203. The molecule has 0 aromatic heterocycles. The molecule has 2 nitrogen and oxygen atoms in total. The van der Waals surface area contributed by atoms with E-state index in [0.717, 1.165) is 17.9 Å². The molecule has 1 N–H and O–H groups in total. The summed E-state index contributed by atoms with van der Waals surface area (Å²) in [6.45, 7) is 5.18. The van der Waals surface area contributed by atoms with Gasteiger partial charge in [0.1, 0.15) is 18.2 Å². The highest BCUT2D eigenvalue weighted by Crippen LogP contribution is 2.19. The minimum Gasteiger partial charge on any atom is -0.492 e. The Morgan fingerprint density at radius 2 is 1.95 bits per heavy atom. The van der Waals surface area contributed by atoms with Gasteiger partial charge in [-0.25, -0.2) is 4.39 Å². The van der Waals surface area contributed by atoms with E-state index in [1.54, 1.807) is 12.1 Å². The molecule has 0 heterocycles. The lowest BCUT2D eigenvalue weighted by Crippen LogP contribution is -2.27. The van der Waals surface area contributed by atoms with Crippen LogP contribution >= 0.6 is 0 Å². The fourth-order valence-electron chi connectivity index (χ4n) is 2.15. The first kappa shape index (κ1) is 14.5. The van der Waals surface area contributed by atoms with Crippen molar-refractivity contribution in [2.45, 2.75) is 19.9 Å². The van der Waals surface area contributed by atoms with Crippen molar-refractivity contribution in [1.29, 1.82) is 0 Å². The van der Waals surface area contributed by atoms with Crippen LogP contribution in [0.1, 0.15) is 24.1 Å². The van der Waals surface area contributed by atoms with Gasteiger partial charge in [0.15, 0.2) is 0 Å². The summed E-state index contributed by atoms with van der Waals surface area (Å²) in [6, 6.07) is 14.5. The molecule has 0 aliphatic heterocycles. The van der Waals surface area contributed by atoms with Crippen molar-refractivity contribution in [3.8, 4) is 5.75 Å². The summed E-state index contributed by atoms with van der Waals surface area (Å²) >= 11 is 0. The van der Waals surface area contributed by atoms with E-state index in [2.05, 4.69) is 5.32 Å². The first-order valence-corrected chi connectivity index (χ1v) is 6.88. The average Bonchev–Trinajstić information content (AvgIpc) is 2.44. The number of ether oxygens (including phenoxy) is 1. The molecular weight excluding hydrogens is 253 g/mol. The standard InChI is InChI=1S/C17H20FNO/c1-3-19-17(15-9-4-5-10-16(15)18)12-20-14-8-6-7-13(2)11-14/h4-11,17,19H,3,12H2,1-2H3. The van der Waals surface area contributed by atoms with Gasteiger partial charge in [0.2, 0.25) is 0 Å². The fraction of sp³-hybridized carbons (Fsp3) is 0.294. The molecule has 0 aliphatic carbocycles. The number of hydrogen-bond acceptors (Lipinski definition) is 2. The number of likely N-dealkylation sites (N-methyl/N-ethyl adjacent to an activating group) is 1. The fourth-order valence-corrected chi connectivity index (χ4v) is 2.15. The molecule has 1 unspecified atom stereocenters. The highest BCUT2D eigenvalue weighted by atomic mass is 19.1. The molecule has 20 heavy (non-hydrogen) atoms. The average molecular weight is 273 g/mol. The van der Waals surface area contributed by atoms with Crippen molar-refractivity contribution in [1.82, 2.24) is 5.32 Å². The van der Waals surface area contributed by atoms with Gasteiger partial charge in [-0.2, -0.15) is 0 Å². The summed E-state index contributed by atoms with van der Waals surface area (Å²) in [5.41, 5.74) is 1.79. The maximum absolute atomic E-state index is 13.9. The zero-order valence-corrected chi connectivity index (χ0v) is 11.9. The van der Waals surface area contributed by atoms with Gasteiger partial charge >= 0.3 is 0 Å². The lowest BCUT2D eigenvalue weighted by atomic mass is 10.1. The second-order valence-electron chi connectivity index (χ2n) is 4.76. The molecule has 1 atom stereocenters. The highest BCUT2D eigenvalue weighted by molar-refractivity contribution is 5.28. The third-order valence-corrected chi connectivity index (χ3v) is 3.14. The van der Waals surface area contributed by atoms with Gasteiger partial charge in [-0.1, -0.05) is 37.3 Å². The van der Waals surface area contributed by atoms with Crippen LogP contribution in [0, 0.1) is 12.7 Å². The highest BCUT2D eigenvalue weighted by Gasteiger charge is 2.15. The first-order chi connectivity index (χ1) is 9.70. The second kappa shape index (κ2) is 7.06. The monoisotopic (exact) mass is 273 g/mol. The lowest BCUT2D eigenvalue weighted by molar-refractivity contribution is 0.265. The SMILES string of the molecule is CCNC(COc1cccc(C)c1)c1ccccc1F. The number of rotatable bonds is 6. The molecule has 3 heteroatoms. The van der Waals surface area contributed by atoms with Gasteiger partial charge in [-0.05, 0) is 37.2 Å². The van der Waals surface area contributed by atoms with Crippen LogP contribution in [0.2, 0.25) is 0 Å². The van der Waals surface area contributed by atoms with Gasteiger partial charge in [0.25, 0.3) is 0 Å². The van der Waals surface area contributed by atoms with Crippen LogP contribution < -0.4 is 10.1 Å². The van der Waals surface area contributed by atoms with Gasteiger partial charge in [-0.15, -0.1) is 0 Å². The van der Waals surface area contributed by atoms with E-state index in [4.69, 9.17) is 4.74 Å². The molecule has 0 bridgehead atoms. The maximum Gasteiger partial charge on any atom is 0.128 e. The Labute approximate surface area is 119 Å². The van der Waals surface area contributed by atoms with Crippen LogP contribution in [-0.4, -0.2) is 13.2 Å². The van der Waals surface area contributed by atoms with E-state index in [1.165, 1.54) is 6.07 Å². The summed E-state index contributed by atoms with van der Waals surface area (Å²) in [5, 5.41) is 3.26. The first-order valence-electron chi connectivity index (χ1n) is 6.88. The molecule has 0 radical (unpaired) electrons. The zero-order valence-electron chi connectivity index (χ0n) is 11.9. The van der Waals surface area contributed by atoms with Crippen molar-refractivity contribution in [3.63, 3.8) is 0 Å². The molecule has 106 valence electrons. The van der Waals surface area contributed by atoms with Crippen LogP contribution in [0.25, 0.3) is 0 Å². The molecule has 0 spiro atoms. The van der Waals surface area contributed by atoms with Crippen LogP contribution in [0.3, 0.4) is 0 Å². The topological polar surface area (TPSA) is 21.3 Å². The molecular formula is C17H20FNO. The van der Waals surface area contributed by atoms with Crippen LogP contribution in [0.5, 0.6) is 5.75 Å². The summed E-state index contributed by atoms with van der Waals surface area (Å²) in [5.74, 6) is 0.607. The molecule has 0 aliphatic rings. The third kappa shape index (κ3) is 3.81. The smallest absolute Gasteiger partial charge is 0.128 e. The van der Waals surface area contributed by atoms with Gasteiger partial charge in [-0.3, -0.25) is 0 Å². The molecule has 2 rings (SSSR count). The molecule has 0 saturated heterocycles. The van der Waals surface area contributed by atoms with Crippen LogP contribution in [0.15, 0.2) is 48.5 Å². The van der Waals surface area contributed by atoms with E-state index in [9.17, 15) is 4.39 Å². The number of benzene rings is 2. The predicted octanol–water partition coefficient (Wildman–Crippen LogP) is 3.86. The van der Waals surface area contributed by atoms with Crippen molar-refractivity contribution in [2.24, 2.45) is 0 Å². The van der Waals surface area contributed by atoms with Crippen LogP contribution in [-0.2, 0) is 0 Å². The zero-order chi connectivity index (χ0) is 14.4. The maximum atomic E-state index is 13.9. The predicted molar refractivity (Wildman–Crippen MR) is 79.5 cm³/mol. The Kier molecular flexibility index (Phi) is 5.13. The molecule has 0 fully saturated rings. The van der Waals surface area contributed by atoms with Crippen molar-refractivity contribution < 1.29 is 9.13 Å². The Bertz CT molecular complexity index is 556. The number of aryl methyl sites for hydroxylation is 1. The molecule has 2 aromatic rings. The Morgan fingerprint density at radius 3 is 2.65 bits per heavy atom. The van der Waals surface area contributed by atoms with E-state index >= 15 is 0 Å². The largest absolute Gasteiger partial charge is 0.492 e. The molecule has 0 amide bonds. The summed E-state index contributed by atoms with van der Waals surface area (Å²) in [6.07, 6.45) is 0. The third-order valence-electron chi connectivity index (χ3n) is 3.14. The Balaban J connectivity index is 2.08. The van der Waals surface area contributed by atoms with Gasteiger partial charge in [0, 0.05) is 5.56 Å². The normalized spacial score (nSPS) is 12.2. The number of halogens is 1. The Hall–Kier alpha value is -1.87. The minimum absolute atomic E-state index is 0.151. The van der Waals surface area contributed by atoms with E-state index in [-0.39, 0.29) is 11.9 Å². The summed E-state index contributed by atoms with van der Waals surface area (Å²) < 4.78 is 19.6. The van der Waals surface area contributed by atoms with Crippen LogP contribution in [0.4, 0.5) is 4.39 Å². The number of hydrogen-bond donors (Lipinski definition) is 1. The molecule has 0 saturated carbocycles. The van der Waals surface area contributed by atoms with E-state index in [0.29, 0.717) is 12.2 Å². The van der Waals surface area contributed by atoms with E-state index in [1.807, 2.05) is 44.2 Å². The van der Waals surface area contributed by atoms with Gasteiger partial charge < -0.3 is 10.1 Å². The van der Waals surface area contributed by atoms with E-state index < -0.39 is 0 Å². The number of nitrogens with one attached hydrogen (secondary N) is 1. The summed E-state index contributed by atoms with van der Waals surface area (Å²) in [4.78, 5) is 0. The Morgan fingerprint density at radius 1 is 1.15 bits per heavy atom. The quantitative estimate of drug-likeness (QED) is 0.862. The van der Waals surface area contributed by atoms with Crippen molar-refractivity contribution in [2.75, 3.05) is 13.2 Å². The summed E-state index contributed by atoms with van der Waals surface area (Å²) in [7, 11) is 0. The van der Waals surface area contributed by atoms with Crippen molar-refractivity contribution in [3.05, 3.63) is 65.5 Å². The van der Waals surface area contributed by atoms with Crippen molar-refractivity contribution >= 4 is 0 Å². The second-order valence-corrected chi connectivity index (χ2v) is 4.76.